The highest BCUT2D eigenvalue weighted by molar-refractivity contribution is 14.0. The molecule has 31 heavy (non-hydrogen) atoms. The number of guanidine groups is 1. The summed E-state index contributed by atoms with van der Waals surface area (Å²) in [6.45, 7) is 1.05. The van der Waals surface area contributed by atoms with Gasteiger partial charge in [0.1, 0.15) is 12.7 Å². The molecular formula is C23H26IN3O3S. The fraction of sp³-hybridized carbons (Fsp3) is 0.261. The monoisotopic (exact) mass is 551 g/mol. The Morgan fingerprint density at radius 2 is 2.00 bits per heavy atom. The molecule has 8 heteroatoms. The fourth-order valence-electron chi connectivity index (χ4n) is 2.93. The minimum Gasteiger partial charge on any atom is -0.493 e. The standard InChI is InChI=1S/C23H25N3O3S.HI/c1-4-11-29-20-12-16(9-10-19(20)28-3)14-25-23(24-2)26-15-18(27)22-13-17-7-5-6-8-21(17)30-22;/h1,5-10,12-13,18,27H,11,14-15H2,2-3H3,(H2,24,25,26);1H. The zero-order chi connectivity index (χ0) is 21.3. The number of methoxy groups -OCH3 is 1. The van der Waals surface area contributed by atoms with Gasteiger partial charge in [0.15, 0.2) is 17.5 Å². The molecule has 0 bridgehead atoms. The molecule has 1 aromatic heterocycles. The van der Waals surface area contributed by atoms with E-state index >= 15 is 0 Å². The summed E-state index contributed by atoms with van der Waals surface area (Å²) in [7, 11) is 3.28. The Morgan fingerprint density at radius 1 is 1.19 bits per heavy atom. The second kappa shape index (κ2) is 12.4. The third-order valence-electron chi connectivity index (χ3n) is 4.46. The number of aliphatic hydroxyl groups is 1. The fourth-order valence-corrected chi connectivity index (χ4v) is 3.98. The van der Waals surface area contributed by atoms with Crippen molar-refractivity contribution in [2.45, 2.75) is 12.6 Å². The number of rotatable bonds is 8. The van der Waals surface area contributed by atoms with Crippen molar-refractivity contribution in [1.82, 2.24) is 10.6 Å². The van der Waals surface area contributed by atoms with Crippen molar-refractivity contribution in [2.75, 3.05) is 27.3 Å². The minimum absolute atomic E-state index is 0. The van der Waals surface area contributed by atoms with Crippen molar-refractivity contribution in [3.05, 3.63) is 59.0 Å². The van der Waals surface area contributed by atoms with Gasteiger partial charge >= 0.3 is 0 Å². The topological polar surface area (TPSA) is 75.1 Å². The summed E-state index contributed by atoms with van der Waals surface area (Å²) in [5.74, 6) is 4.27. The van der Waals surface area contributed by atoms with Gasteiger partial charge in [0.05, 0.1) is 7.11 Å². The number of thiophene rings is 1. The van der Waals surface area contributed by atoms with Crippen LogP contribution >= 0.6 is 35.3 Å². The van der Waals surface area contributed by atoms with E-state index in [1.165, 1.54) is 0 Å². The van der Waals surface area contributed by atoms with Gasteiger partial charge in [-0.15, -0.1) is 41.7 Å². The van der Waals surface area contributed by atoms with E-state index < -0.39 is 6.10 Å². The first-order chi connectivity index (χ1) is 14.6. The summed E-state index contributed by atoms with van der Waals surface area (Å²) in [5, 5.41) is 18.1. The Hall–Kier alpha value is -2.48. The van der Waals surface area contributed by atoms with E-state index in [0.29, 0.717) is 30.5 Å². The van der Waals surface area contributed by atoms with Crippen LogP contribution in [0.3, 0.4) is 0 Å². The molecule has 0 spiro atoms. The lowest BCUT2D eigenvalue weighted by Crippen LogP contribution is -2.38. The van der Waals surface area contributed by atoms with Crippen molar-refractivity contribution in [2.24, 2.45) is 4.99 Å². The number of aliphatic hydroxyl groups excluding tert-OH is 1. The smallest absolute Gasteiger partial charge is 0.191 e. The summed E-state index contributed by atoms with van der Waals surface area (Å²) in [6, 6.07) is 15.8. The van der Waals surface area contributed by atoms with E-state index in [1.807, 2.05) is 42.5 Å². The highest BCUT2D eigenvalue weighted by Crippen LogP contribution is 2.30. The molecule has 0 radical (unpaired) electrons. The lowest BCUT2D eigenvalue weighted by molar-refractivity contribution is 0.184. The Bertz CT molecular complexity index is 1030. The number of hydrogen-bond donors (Lipinski definition) is 3. The molecule has 1 unspecified atom stereocenters. The molecule has 0 aliphatic heterocycles. The highest BCUT2D eigenvalue weighted by Gasteiger charge is 2.12. The van der Waals surface area contributed by atoms with Crippen LogP contribution in [0.15, 0.2) is 53.5 Å². The molecular weight excluding hydrogens is 525 g/mol. The van der Waals surface area contributed by atoms with Gasteiger partial charge in [0, 0.05) is 29.7 Å². The molecule has 3 N–H and O–H groups in total. The molecule has 0 saturated carbocycles. The van der Waals surface area contributed by atoms with E-state index in [9.17, 15) is 5.11 Å². The molecule has 0 aliphatic carbocycles. The molecule has 6 nitrogen and oxygen atoms in total. The van der Waals surface area contributed by atoms with Gasteiger partial charge in [-0.1, -0.05) is 30.2 Å². The lowest BCUT2D eigenvalue weighted by atomic mass is 10.2. The van der Waals surface area contributed by atoms with E-state index in [0.717, 1.165) is 20.5 Å². The normalized spacial score (nSPS) is 11.9. The predicted octanol–water partition coefficient (Wildman–Crippen LogP) is 3.94. The molecule has 0 saturated heterocycles. The number of nitrogens with zero attached hydrogens (tertiary/aromatic N) is 1. The number of benzene rings is 2. The average Bonchev–Trinajstić information content (AvgIpc) is 3.22. The summed E-state index contributed by atoms with van der Waals surface area (Å²) in [5.41, 5.74) is 0.982. The number of nitrogens with one attached hydrogen (secondary N) is 2. The van der Waals surface area contributed by atoms with Crippen molar-refractivity contribution in [3.8, 4) is 23.8 Å². The van der Waals surface area contributed by atoms with Gasteiger partial charge in [-0.3, -0.25) is 4.99 Å². The predicted molar refractivity (Wildman–Crippen MR) is 138 cm³/mol. The maximum atomic E-state index is 10.5. The SMILES string of the molecule is C#CCOc1cc(CNC(=NC)NCC(O)c2cc3ccccc3s2)ccc1OC.I. The molecule has 1 heterocycles. The van der Waals surface area contributed by atoms with Gasteiger partial charge < -0.3 is 25.2 Å². The Labute approximate surface area is 203 Å². The van der Waals surface area contributed by atoms with Crippen LogP contribution in [0.2, 0.25) is 0 Å². The van der Waals surface area contributed by atoms with E-state index in [1.54, 1.807) is 25.5 Å². The summed E-state index contributed by atoms with van der Waals surface area (Å²) < 4.78 is 12.0. The van der Waals surface area contributed by atoms with Gasteiger partial charge in [-0.25, -0.2) is 0 Å². The first-order valence-corrected chi connectivity index (χ1v) is 10.3. The first-order valence-electron chi connectivity index (χ1n) is 9.48. The summed E-state index contributed by atoms with van der Waals surface area (Å²) in [6.07, 6.45) is 4.65. The van der Waals surface area contributed by atoms with E-state index in [-0.39, 0.29) is 30.6 Å². The lowest BCUT2D eigenvalue weighted by Gasteiger charge is -2.15. The van der Waals surface area contributed by atoms with Gasteiger partial charge in [0.2, 0.25) is 0 Å². The second-order valence-corrected chi connectivity index (χ2v) is 7.60. The Kier molecular flexibility index (Phi) is 9.91. The van der Waals surface area contributed by atoms with Gasteiger partial charge in [0.25, 0.3) is 0 Å². The average molecular weight is 551 g/mol. The van der Waals surface area contributed by atoms with Crippen LogP contribution in [0.4, 0.5) is 0 Å². The van der Waals surface area contributed by atoms with E-state index in [4.69, 9.17) is 15.9 Å². The molecule has 2 aromatic carbocycles. The number of halogens is 1. The van der Waals surface area contributed by atoms with Crippen molar-refractivity contribution < 1.29 is 14.6 Å². The number of hydrogen-bond acceptors (Lipinski definition) is 5. The molecule has 0 amide bonds. The van der Waals surface area contributed by atoms with Crippen LogP contribution in [0, 0.1) is 12.3 Å². The van der Waals surface area contributed by atoms with Crippen molar-refractivity contribution >= 4 is 51.4 Å². The minimum atomic E-state index is -0.620. The first kappa shape index (κ1) is 24.8. The van der Waals surface area contributed by atoms with Crippen LogP contribution in [-0.4, -0.2) is 38.4 Å². The van der Waals surface area contributed by atoms with Crippen molar-refractivity contribution in [1.29, 1.82) is 0 Å². The summed E-state index contributed by atoms with van der Waals surface area (Å²) >= 11 is 1.60. The Balaban J connectivity index is 0.00000341. The highest BCUT2D eigenvalue weighted by atomic mass is 127. The number of aliphatic imine (C=N–C) groups is 1. The number of ether oxygens (including phenoxy) is 2. The summed E-state index contributed by atoms with van der Waals surface area (Å²) in [4.78, 5) is 5.14. The Morgan fingerprint density at radius 3 is 2.71 bits per heavy atom. The molecule has 3 aromatic rings. The molecule has 1 atom stereocenters. The second-order valence-electron chi connectivity index (χ2n) is 6.49. The van der Waals surface area contributed by atoms with Crippen LogP contribution in [-0.2, 0) is 6.54 Å². The zero-order valence-electron chi connectivity index (χ0n) is 17.4. The van der Waals surface area contributed by atoms with Crippen LogP contribution < -0.4 is 20.1 Å². The van der Waals surface area contributed by atoms with Crippen LogP contribution in [0.1, 0.15) is 16.5 Å². The van der Waals surface area contributed by atoms with Gasteiger partial charge in [-0.05, 0) is 35.2 Å². The molecule has 0 aliphatic rings. The van der Waals surface area contributed by atoms with E-state index in [2.05, 4.69) is 27.6 Å². The zero-order valence-corrected chi connectivity index (χ0v) is 20.6. The molecule has 0 fully saturated rings. The van der Waals surface area contributed by atoms with Gasteiger partial charge in [-0.2, -0.15) is 0 Å². The third kappa shape index (κ3) is 6.75. The third-order valence-corrected chi connectivity index (χ3v) is 5.68. The number of fused-ring (bicyclic) bond motifs is 1. The van der Waals surface area contributed by atoms with Crippen LogP contribution in [0.5, 0.6) is 11.5 Å². The van der Waals surface area contributed by atoms with Crippen molar-refractivity contribution in [3.63, 3.8) is 0 Å². The number of terminal acetylenes is 1. The largest absolute Gasteiger partial charge is 0.493 e. The molecule has 164 valence electrons. The molecule has 3 rings (SSSR count). The maximum absolute atomic E-state index is 10.5. The quantitative estimate of drug-likeness (QED) is 0.171. The maximum Gasteiger partial charge on any atom is 0.191 e. The van der Waals surface area contributed by atoms with Crippen LogP contribution in [0.25, 0.3) is 10.1 Å².